The molecule has 0 N–H and O–H groups in total. The molecule has 0 aliphatic heterocycles. The Hall–Kier alpha value is -0.580. The molecule has 0 saturated heterocycles. The summed E-state index contributed by atoms with van der Waals surface area (Å²) in [5.74, 6) is 0. The summed E-state index contributed by atoms with van der Waals surface area (Å²) in [4.78, 5) is 0. The highest BCUT2D eigenvalue weighted by atomic mass is 127. The smallest absolute Gasteiger partial charge is 0.0933 e. The molecular formula is C8H7IN2. The Morgan fingerprint density at radius 2 is 2.27 bits per heavy atom. The molecule has 2 rings (SSSR count). The molecule has 2 aromatic rings. The van der Waals surface area contributed by atoms with Crippen LogP contribution in [0.25, 0.3) is 10.9 Å². The molecule has 56 valence electrons. The second-order valence-corrected chi connectivity index (χ2v) is 3.75. The summed E-state index contributed by atoms with van der Waals surface area (Å²) in [6, 6.07) is 6.25. The average Bonchev–Trinajstić information content (AvgIpc) is 2.27. The van der Waals surface area contributed by atoms with Crippen LogP contribution in [-0.4, -0.2) is 9.78 Å². The SMILES string of the molecule is Cn1cc2ccc(I)cc2n1. The van der Waals surface area contributed by atoms with Crippen molar-refractivity contribution >= 4 is 33.5 Å². The first-order valence-electron chi connectivity index (χ1n) is 3.34. The quantitative estimate of drug-likeness (QED) is 0.662. The molecule has 0 spiro atoms. The van der Waals surface area contributed by atoms with E-state index in [1.807, 2.05) is 17.9 Å². The fraction of sp³-hybridized carbons (Fsp3) is 0.125. The summed E-state index contributed by atoms with van der Waals surface area (Å²) in [7, 11) is 1.94. The molecule has 0 radical (unpaired) electrons. The van der Waals surface area contributed by atoms with E-state index in [9.17, 15) is 0 Å². The van der Waals surface area contributed by atoms with Gasteiger partial charge in [-0.25, -0.2) is 0 Å². The Morgan fingerprint density at radius 3 is 3.09 bits per heavy atom. The van der Waals surface area contributed by atoms with Gasteiger partial charge in [0.15, 0.2) is 0 Å². The first-order valence-corrected chi connectivity index (χ1v) is 4.42. The fourth-order valence-electron chi connectivity index (χ4n) is 1.11. The van der Waals surface area contributed by atoms with E-state index in [-0.39, 0.29) is 0 Å². The monoisotopic (exact) mass is 258 g/mol. The summed E-state index contributed by atoms with van der Waals surface area (Å²) in [6.45, 7) is 0. The van der Waals surface area contributed by atoms with Gasteiger partial charge in [-0.3, -0.25) is 4.68 Å². The fourth-order valence-corrected chi connectivity index (χ4v) is 1.59. The van der Waals surface area contributed by atoms with Gasteiger partial charge in [0.2, 0.25) is 0 Å². The molecule has 1 aromatic heterocycles. The number of hydrogen-bond acceptors (Lipinski definition) is 1. The number of nitrogens with zero attached hydrogens (tertiary/aromatic N) is 2. The third-order valence-corrected chi connectivity index (χ3v) is 2.25. The van der Waals surface area contributed by atoms with Crippen LogP contribution in [0.15, 0.2) is 24.4 Å². The highest BCUT2D eigenvalue weighted by Gasteiger charge is 1.96. The van der Waals surface area contributed by atoms with Gasteiger partial charge in [0, 0.05) is 22.2 Å². The molecule has 3 heteroatoms. The zero-order valence-electron chi connectivity index (χ0n) is 6.08. The van der Waals surface area contributed by atoms with Gasteiger partial charge in [-0.2, -0.15) is 5.10 Å². The molecule has 0 aliphatic carbocycles. The van der Waals surface area contributed by atoms with Gasteiger partial charge in [0.05, 0.1) is 5.52 Å². The van der Waals surface area contributed by atoms with Crippen molar-refractivity contribution < 1.29 is 0 Å². The maximum atomic E-state index is 4.29. The summed E-state index contributed by atoms with van der Waals surface area (Å²) in [5, 5.41) is 5.49. The molecule has 2 nitrogen and oxygen atoms in total. The second kappa shape index (κ2) is 2.48. The lowest BCUT2D eigenvalue weighted by atomic mass is 10.3. The van der Waals surface area contributed by atoms with Crippen LogP contribution >= 0.6 is 22.6 Å². The topological polar surface area (TPSA) is 17.8 Å². The summed E-state index contributed by atoms with van der Waals surface area (Å²) in [5.41, 5.74) is 1.07. The van der Waals surface area contributed by atoms with Crippen molar-refractivity contribution in [3.05, 3.63) is 28.0 Å². The molecule has 0 saturated carbocycles. The number of aromatic nitrogens is 2. The zero-order valence-corrected chi connectivity index (χ0v) is 8.24. The number of benzene rings is 1. The van der Waals surface area contributed by atoms with Crippen LogP contribution in [0, 0.1) is 3.57 Å². The van der Waals surface area contributed by atoms with Crippen LogP contribution in [-0.2, 0) is 7.05 Å². The summed E-state index contributed by atoms with van der Waals surface area (Å²) in [6.07, 6.45) is 2.02. The molecule has 1 aromatic carbocycles. The number of aryl methyl sites for hydroxylation is 1. The van der Waals surface area contributed by atoms with E-state index >= 15 is 0 Å². The molecule has 0 amide bonds. The molecular weight excluding hydrogens is 251 g/mol. The van der Waals surface area contributed by atoms with Crippen LogP contribution in [0.4, 0.5) is 0 Å². The lowest BCUT2D eigenvalue weighted by Gasteiger charge is -1.86. The lowest BCUT2D eigenvalue weighted by Crippen LogP contribution is -1.84. The van der Waals surface area contributed by atoms with E-state index in [1.165, 1.54) is 8.96 Å². The van der Waals surface area contributed by atoms with Crippen LogP contribution < -0.4 is 0 Å². The van der Waals surface area contributed by atoms with Gasteiger partial charge < -0.3 is 0 Å². The molecule has 11 heavy (non-hydrogen) atoms. The van der Waals surface area contributed by atoms with Crippen molar-refractivity contribution in [3.63, 3.8) is 0 Å². The third-order valence-electron chi connectivity index (χ3n) is 1.58. The van der Waals surface area contributed by atoms with Crippen LogP contribution in [0.2, 0.25) is 0 Å². The van der Waals surface area contributed by atoms with Crippen molar-refractivity contribution in [1.82, 2.24) is 9.78 Å². The first kappa shape index (κ1) is 7.09. The Balaban J connectivity index is 2.82. The van der Waals surface area contributed by atoms with Crippen molar-refractivity contribution in [1.29, 1.82) is 0 Å². The minimum absolute atomic E-state index is 1.07. The largest absolute Gasteiger partial charge is 0.275 e. The second-order valence-electron chi connectivity index (χ2n) is 2.51. The minimum atomic E-state index is 1.07. The van der Waals surface area contributed by atoms with E-state index in [0.717, 1.165) is 5.52 Å². The number of rotatable bonds is 0. The third kappa shape index (κ3) is 1.24. The van der Waals surface area contributed by atoms with Crippen LogP contribution in [0.1, 0.15) is 0 Å². The van der Waals surface area contributed by atoms with E-state index in [2.05, 4.69) is 45.9 Å². The predicted molar refractivity (Wildman–Crippen MR) is 53.4 cm³/mol. The number of hydrogen-bond donors (Lipinski definition) is 0. The molecule has 0 bridgehead atoms. The maximum Gasteiger partial charge on any atom is 0.0933 e. The Kier molecular flexibility index (Phi) is 1.60. The number of fused-ring (bicyclic) bond motifs is 1. The minimum Gasteiger partial charge on any atom is -0.275 e. The van der Waals surface area contributed by atoms with Crippen molar-refractivity contribution in [2.45, 2.75) is 0 Å². The summed E-state index contributed by atoms with van der Waals surface area (Å²) >= 11 is 2.29. The van der Waals surface area contributed by atoms with Gasteiger partial charge in [-0.05, 0) is 34.7 Å². The normalized spacial score (nSPS) is 10.7. The van der Waals surface area contributed by atoms with E-state index < -0.39 is 0 Å². The highest BCUT2D eigenvalue weighted by molar-refractivity contribution is 14.1. The molecule has 0 aliphatic rings. The highest BCUT2D eigenvalue weighted by Crippen LogP contribution is 2.14. The van der Waals surface area contributed by atoms with E-state index in [4.69, 9.17) is 0 Å². The Labute approximate surface area is 78.3 Å². The molecule has 0 unspecified atom stereocenters. The van der Waals surface area contributed by atoms with Crippen LogP contribution in [0.5, 0.6) is 0 Å². The Bertz CT molecular complexity index is 392. The molecule has 0 fully saturated rings. The first-order chi connectivity index (χ1) is 5.25. The van der Waals surface area contributed by atoms with Gasteiger partial charge >= 0.3 is 0 Å². The van der Waals surface area contributed by atoms with Gasteiger partial charge in [-0.1, -0.05) is 6.07 Å². The van der Waals surface area contributed by atoms with Crippen molar-refractivity contribution in [2.24, 2.45) is 7.05 Å². The van der Waals surface area contributed by atoms with Crippen molar-refractivity contribution in [3.8, 4) is 0 Å². The van der Waals surface area contributed by atoms with Crippen LogP contribution in [0.3, 0.4) is 0 Å². The van der Waals surface area contributed by atoms with Gasteiger partial charge in [0.1, 0.15) is 0 Å². The zero-order chi connectivity index (χ0) is 7.84. The maximum absolute atomic E-state index is 4.29. The average molecular weight is 258 g/mol. The van der Waals surface area contributed by atoms with Gasteiger partial charge in [-0.15, -0.1) is 0 Å². The van der Waals surface area contributed by atoms with E-state index in [0.29, 0.717) is 0 Å². The standard InChI is InChI=1S/C8H7IN2/c1-11-5-6-2-3-7(9)4-8(6)10-11/h2-5H,1H3. The number of halogens is 1. The van der Waals surface area contributed by atoms with E-state index in [1.54, 1.807) is 0 Å². The van der Waals surface area contributed by atoms with Crippen molar-refractivity contribution in [2.75, 3.05) is 0 Å². The Morgan fingerprint density at radius 1 is 1.45 bits per heavy atom. The van der Waals surface area contributed by atoms with Gasteiger partial charge in [0.25, 0.3) is 0 Å². The summed E-state index contributed by atoms with van der Waals surface area (Å²) < 4.78 is 3.06. The lowest BCUT2D eigenvalue weighted by molar-refractivity contribution is 0.779. The molecule has 0 atom stereocenters. The predicted octanol–water partition coefficient (Wildman–Crippen LogP) is 2.18. The molecule has 1 heterocycles.